The second kappa shape index (κ2) is 9.01. The van der Waals surface area contributed by atoms with Crippen LogP contribution in [-0.4, -0.2) is 4.21 Å². The molecule has 0 radical (unpaired) electrons. The molecule has 0 aromatic heterocycles. The van der Waals surface area contributed by atoms with Crippen LogP contribution in [0.5, 0.6) is 5.75 Å². The second-order valence-corrected chi connectivity index (χ2v) is 7.08. The topological polar surface area (TPSA) is 38.3 Å². The van der Waals surface area contributed by atoms with Crippen LogP contribution < -0.4 is 9.46 Å². The average molecular weight is 375 g/mol. The molecule has 0 heterocycles. The third-order valence-corrected chi connectivity index (χ3v) is 5.12. The van der Waals surface area contributed by atoms with Gasteiger partial charge in [-0.1, -0.05) is 61.7 Å². The number of rotatable bonds is 8. The highest BCUT2D eigenvalue weighted by atomic mass is 32.2. The number of hydrogen-bond acceptors (Lipinski definition) is 2. The molecule has 4 heteroatoms. The Bertz CT molecular complexity index is 967. The van der Waals surface area contributed by atoms with Crippen molar-refractivity contribution in [3.05, 3.63) is 103 Å². The van der Waals surface area contributed by atoms with Gasteiger partial charge in [0, 0.05) is 5.69 Å². The first kappa shape index (κ1) is 18.7. The molecular formula is C23H21NO2S. The fourth-order valence-electron chi connectivity index (χ4n) is 2.61. The molecule has 0 aliphatic rings. The summed E-state index contributed by atoms with van der Waals surface area (Å²) in [6, 6.07) is 22.8. The quantitative estimate of drug-likeness (QED) is 0.549. The van der Waals surface area contributed by atoms with Crippen molar-refractivity contribution >= 4 is 28.8 Å². The summed E-state index contributed by atoms with van der Waals surface area (Å²) >= 11 is 0. The molecule has 3 rings (SSSR count). The van der Waals surface area contributed by atoms with E-state index in [1.54, 1.807) is 12.2 Å². The molecule has 27 heavy (non-hydrogen) atoms. The first-order chi connectivity index (χ1) is 13.2. The fraction of sp³-hybridized carbons (Fsp3) is 0.0435. The predicted octanol–water partition coefficient (Wildman–Crippen LogP) is 5.69. The summed E-state index contributed by atoms with van der Waals surface area (Å²) in [7, 11) is -1.30. The Morgan fingerprint density at radius 2 is 1.67 bits per heavy atom. The highest BCUT2D eigenvalue weighted by Gasteiger charge is 2.05. The van der Waals surface area contributed by atoms with Crippen LogP contribution in [-0.2, 0) is 17.6 Å². The van der Waals surface area contributed by atoms with Crippen molar-refractivity contribution in [1.82, 2.24) is 0 Å². The first-order valence-corrected chi connectivity index (χ1v) is 9.69. The van der Waals surface area contributed by atoms with Gasteiger partial charge in [0.1, 0.15) is 23.3 Å². The van der Waals surface area contributed by atoms with E-state index in [9.17, 15) is 4.21 Å². The van der Waals surface area contributed by atoms with Crippen molar-refractivity contribution in [2.45, 2.75) is 11.5 Å². The standard InChI is InChI=1S/C23H21NO2S/c1-3-19-13-14-22(16-20(19)4-2)26-17-18-9-8-10-21(15-18)24-27(25)23-11-6-5-7-12-23/h3-16,24H,1-2,17H2. The van der Waals surface area contributed by atoms with E-state index in [0.29, 0.717) is 6.61 Å². The lowest BCUT2D eigenvalue weighted by Crippen LogP contribution is -2.05. The third-order valence-electron chi connectivity index (χ3n) is 4.00. The number of nitrogens with one attached hydrogen (secondary N) is 1. The minimum Gasteiger partial charge on any atom is -0.489 e. The average Bonchev–Trinajstić information content (AvgIpc) is 2.73. The van der Waals surface area contributed by atoms with Crippen LogP contribution in [0.1, 0.15) is 16.7 Å². The van der Waals surface area contributed by atoms with Crippen molar-refractivity contribution in [3.8, 4) is 5.75 Å². The van der Waals surface area contributed by atoms with Crippen LogP contribution in [0.4, 0.5) is 5.69 Å². The Labute approximate surface area is 162 Å². The maximum atomic E-state index is 12.4. The Morgan fingerprint density at radius 1 is 0.889 bits per heavy atom. The minimum absolute atomic E-state index is 0.414. The summed E-state index contributed by atoms with van der Waals surface area (Å²) in [5.41, 5.74) is 3.77. The summed E-state index contributed by atoms with van der Waals surface area (Å²) in [6.07, 6.45) is 3.58. The largest absolute Gasteiger partial charge is 0.489 e. The van der Waals surface area contributed by atoms with E-state index < -0.39 is 11.0 Å². The highest BCUT2D eigenvalue weighted by molar-refractivity contribution is 7.86. The summed E-state index contributed by atoms with van der Waals surface area (Å²) in [5, 5.41) is 0. The second-order valence-electron chi connectivity index (χ2n) is 5.87. The third kappa shape index (κ3) is 4.96. The van der Waals surface area contributed by atoms with Crippen molar-refractivity contribution in [1.29, 1.82) is 0 Å². The molecule has 0 amide bonds. The van der Waals surface area contributed by atoms with Gasteiger partial charge in [-0.2, -0.15) is 0 Å². The van der Waals surface area contributed by atoms with Crippen LogP contribution in [0, 0.1) is 0 Å². The van der Waals surface area contributed by atoms with Gasteiger partial charge >= 0.3 is 0 Å². The van der Waals surface area contributed by atoms with Gasteiger partial charge in [-0.15, -0.1) is 0 Å². The smallest absolute Gasteiger partial charge is 0.150 e. The van der Waals surface area contributed by atoms with Crippen LogP contribution in [0.3, 0.4) is 0 Å². The maximum Gasteiger partial charge on any atom is 0.150 e. The zero-order valence-electron chi connectivity index (χ0n) is 14.9. The normalized spacial score (nSPS) is 11.4. The summed E-state index contributed by atoms with van der Waals surface area (Å²) in [5.74, 6) is 0.765. The molecule has 136 valence electrons. The van der Waals surface area contributed by atoms with E-state index in [4.69, 9.17) is 4.74 Å². The van der Waals surface area contributed by atoms with E-state index in [1.165, 1.54) is 0 Å². The molecule has 0 aliphatic heterocycles. The van der Waals surface area contributed by atoms with Gasteiger partial charge in [-0.05, 0) is 53.1 Å². The first-order valence-electron chi connectivity index (χ1n) is 8.54. The molecule has 0 spiro atoms. The minimum atomic E-state index is -1.30. The zero-order chi connectivity index (χ0) is 19.1. The summed E-state index contributed by atoms with van der Waals surface area (Å²) < 4.78 is 21.3. The molecule has 1 N–H and O–H groups in total. The zero-order valence-corrected chi connectivity index (χ0v) is 15.7. The molecule has 0 fully saturated rings. The Hall–Kier alpha value is -3.11. The SMILES string of the molecule is C=Cc1ccc(OCc2cccc(NS(=O)c3ccccc3)c2)cc1C=C. The molecule has 3 nitrogen and oxygen atoms in total. The molecule has 1 atom stereocenters. The molecule has 1 unspecified atom stereocenters. The van der Waals surface area contributed by atoms with Crippen molar-refractivity contribution in [3.63, 3.8) is 0 Å². The van der Waals surface area contributed by atoms with Gasteiger partial charge in [0.05, 0.1) is 4.90 Å². The Balaban J connectivity index is 1.66. The van der Waals surface area contributed by atoms with E-state index in [1.807, 2.05) is 72.8 Å². The lowest BCUT2D eigenvalue weighted by Gasteiger charge is -2.11. The number of anilines is 1. The van der Waals surface area contributed by atoms with E-state index in [-0.39, 0.29) is 0 Å². The van der Waals surface area contributed by atoms with E-state index >= 15 is 0 Å². The lowest BCUT2D eigenvalue weighted by molar-refractivity contribution is 0.306. The van der Waals surface area contributed by atoms with Gasteiger partial charge < -0.3 is 9.46 Å². The fourth-order valence-corrected chi connectivity index (χ4v) is 3.47. The van der Waals surface area contributed by atoms with Gasteiger partial charge in [0.25, 0.3) is 0 Å². The monoisotopic (exact) mass is 375 g/mol. The number of ether oxygens (including phenoxy) is 1. The molecule has 3 aromatic carbocycles. The van der Waals surface area contributed by atoms with Crippen LogP contribution in [0.2, 0.25) is 0 Å². The van der Waals surface area contributed by atoms with Crippen LogP contribution >= 0.6 is 0 Å². The maximum absolute atomic E-state index is 12.4. The van der Waals surface area contributed by atoms with Crippen molar-refractivity contribution in [2.75, 3.05) is 4.72 Å². The van der Waals surface area contributed by atoms with Crippen LogP contribution in [0.15, 0.2) is 90.8 Å². The van der Waals surface area contributed by atoms with Gasteiger partial charge in [-0.3, -0.25) is 0 Å². The van der Waals surface area contributed by atoms with Crippen molar-refractivity contribution in [2.24, 2.45) is 0 Å². The molecular weight excluding hydrogens is 354 g/mol. The van der Waals surface area contributed by atoms with E-state index in [2.05, 4.69) is 17.9 Å². The van der Waals surface area contributed by atoms with Crippen molar-refractivity contribution < 1.29 is 8.95 Å². The Kier molecular flexibility index (Phi) is 6.23. The summed E-state index contributed by atoms with van der Waals surface area (Å²) in [4.78, 5) is 0.735. The van der Waals surface area contributed by atoms with Gasteiger partial charge in [0.2, 0.25) is 0 Å². The molecule has 3 aromatic rings. The Morgan fingerprint density at radius 3 is 2.41 bits per heavy atom. The molecule has 0 saturated carbocycles. The lowest BCUT2D eigenvalue weighted by atomic mass is 10.1. The number of benzene rings is 3. The summed E-state index contributed by atoms with van der Waals surface area (Å²) in [6.45, 7) is 8.03. The highest BCUT2D eigenvalue weighted by Crippen LogP contribution is 2.22. The molecule has 0 aliphatic carbocycles. The van der Waals surface area contributed by atoms with Gasteiger partial charge in [0.15, 0.2) is 0 Å². The predicted molar refractivity (Wildman–Crippen MR) is 114 cm³/mol. The molecule has 0 bridgehead atoms. The molecule has 0 saturated heterocycles. The van der Waals surface area contributed by atoms with Gasteiger partial charge in [-0.25, -0.2) is 4.21 Å². The van der Waals surface area contributed by atoms with E-state index in [0.717, 1.165) is 33.0 Å². The van der Waals surface area contributed by atoms with Crippen LogP contribution in [0.25, 0.3) is 12.2 Å². The number of hydrogen-bond donors (Lipinski definition) is 1.